The van der Waals surface area contributed by atoms with E-state index in [0.717, 1.165) is 42.2 Å². The molecule has 4 fully saturated rings. The predicted molar refractivity (Wildman–Crippen MR) is 97.6 cm³/mol. The summed E-state index contributed by atoms with van der Waals surface area (Å²) in [5.74, 6) is 4.55. The van der Waals surface area contributed by atoms with E-state index in [2.05, 4.69) is 15.3 Å². The Kier molecular flexibility index (Phi) is 3.79. The molecule has 4 aliphatic rings. The van der Waals surface area contributed by atoms with Crippen LogP contribution in [0.1, 0.15) is 61.7 Å². The quantitative estimate of drug-likeness (QED) is 0.919. The average molecular weight is 342 g/mol. The Labute approximate surface area is 150 Å². The van der Waals surface area contributed by atoms with Crippen LogP contribution in [-0.4, -0.2) is 34.8 Å². The highest BCUT2D eigenvalue weighted by atomic mass is 16.1. The Morgan fingerprint density at radius 1 is 1.12 bits per heavy atom. The molecule has 5 heteroatoms. The Hall–Kier alpha value is -1.52. The topological polar surface area (TPSA) is 50.2 Å². The molecule has 5 nitrogen and oxygen atoms in total. The molecular weight excluding hydrogens is 312 g/mol. The first-order valence-corrected chi connectivity index (χ1v) is 10.3. The van der Waals surface area contributed by atoms with Crippen molar-refractivity contribution in [3.8, 4) is 0 Å². The Morgan fingerprint density at radius 3 is 2.76 bits per heavy atom. The van der Waals surface area contributed by atoms with Crippen LogP contribution in [0, 0.1) is 23.7 Å². The molecule has 3 saturated carbocycles. The summed E-state index contributed by atoms with van der Waals surface area (Å²) in [5, 5.41) is 7.84. The van der Waals surface area contributed by atoms with Gasteiger partial charge in [0.05, 0.1) is 6.20 Å². The Balaban J connectivity index is 1.35. The molecule has 5 rings (SSSR count). The minimum Gasteiger partial charge on any atom is -0.356 e. The van der Waals surface area contributed by atoms with Gasteiger partial charge in [0.15, 0.2) is 0 Å². The summed E-state index contributed by atoms with van der Waals surface area (Å²) >= 11 is 0. The van der Waals surface area contributed by atoms with E-state index in [1.54, 1.807) is 6.20 Å². The summed E-state index contributed by atoms with van der Waals surface area (Å²) in [6.07, 6.45) is 12.3. The van der Waals surface area contributed by atoms with Crippen molar-refractivity contribution < 1.29 is 4.79 Å². The van der Waals surface area contributed by atoms with E-state index in [9.17, 15) is 4.79 Å². The van der Waals surface area contributed by atoms with Crippen LogP contribution < -0.4 is 10.2 Å². The fourth-order valence-electron chi connectivity index (χ4n) is 6.41. The fourth-order valence-corrected chi connectivity index (χ4v) is 6.41. The number of anilines is 1. The normalized spacial score (nSPS) is 36.7. The highest BCUT2D eigenvalue weighted by Gasteiger charge is 2.46. The van der Waals surface area contributed by atoms with Gasteiger partial charge in [-0.15, -0.1) is 0 Å². The lowest BCUT2D eigenvalue weighted by Gasteiger charge is -2.27. The van der Waals surface area contributed by atoms with Gasteiger partial charge in [-0.1, -0.05) is 0 Å². The lowest BCUT2D eigenvalue weighted by atomic mass is 9.80. The number of aryl methyl sites for hydroxylation is 1. The van der Waals surface area contributed by atoms with E-state index in [1.807, 2.05) is 11.7 Å². The van der Waals surface area contributed by atoms with Crippen LogP contribution in [0.4, 0.5) is 5.82 Å². The molecule has 5 unspecified atom stereocenters. The van der Waals surface area contributed by atoms with Crippen molar-refractivity contribution in [3.05, 3.63) is 11.8 Å². The van der Waals surface area contributed by atoms with Crippen LogP contribution in [-0.2, 0) is 7.05 Å². The van der Waals surface area contributed by atoms with Crippen molar-refractivity contribution in [3.63, 3.8) is 0 Å². The molecule has 1 aromatic rings. The van der Waals surface area contributed by atoms with Crippen LogP contribution in [0.5, 0.6) is 0 Å². The maximum absolute atomic E-state index is 13.1. The van der Waals surface area contributed by atoms with E-state index in [0.29, 0.717) is 12.0 Å². The molecule has 1 amide bonds. The van der Waals surface area contributed by atoms with Crippen LogP contribution in [0.15, 0.2) is 6.20 Å². The summed E-state index contributed by atoms with van der Waals surface area (Å²) in [6, 6.07) is 0.374. The van der Waals surface area contributed by atoms with Crippen molar-refractivity contribution in [2.45, 2.75) is 57.4 Å². The summed E-state index contributed by atoms with van der Waals surface area (Å²) < 4.78 is 1.88. The summed E-state index contributed by atoms with van der Waals surface area (Å²) in [7, 11) is 1.95. The largest absolute Gasteiger partial charge is 0.356 e. The van der Waals surface area contributed by atoms with Gasteiger partial charge in [-0.3, -0.25) is 9.48 Å². The monoisotopic (exact) mass is 342 g/mol. The van der Waals surface area contributed by atoms with Gasteiger partial charge in [-0.05, 0) is 75.0 Å². The second kappa shape index (κ2) is 6.03. The van der Waals surface area contributed by atoms with E-state index in [4.69, 9.17) is 0 Å². The highest BCUT2D eigenvalue weighted by Crippen LogP contribution is 2.53. The molecule has 3 aliphatic carbocycles. The number of fused-ring (bicyclic) bond motifs is 2. The molecule has 1 N–H and O–H groups in total. The van der Waals surface area contributed by atoms with E-state index < -0.39 is 0 Å². The highest BCUT2D eigenvalue weighted by molar-refractivity contribution is 5.99. The van der Waals surface area contributed by atoms with Crippen LogP contribution >= 0.6 is 0 Å². The summed E-state index contributed by atoms with van der Waals surface area (Å²) in [4.78, 5) is 15.4. The Morgan fingerprint density at radius 2 is 1.92 bits per heavy atom. The molecule has 1 aromatic heterocycles. The summed E-state index contributed by atoms with van der Waals surface area (Å²) in [5.41, 5.74) is 0.772. The second-order valence-electron chi connectivity index (χ2n) is 8.96. The third-order valence-corrected chi connectivity index (χ3v) is 7.43. The zero-order valence-corrected chi connectivity index (χ0v) is 15.3. The number of carbonyl (C=O) groups excluding carboxylic acids is 1. The zero-order chi connectivity index (χ0) is 17.0. The molecule has 3 bridgehead atoms. The van der Waals surface area contributed by atoms with Gasteiger partial charge >= 0.3 is 0 Å². The zero-order valence-electron chi connectivity index (χ0n) is 15.3. The molecule has 1 aliphatic heterocycles. The number of rotatable bonds is 3. The number of nitrogens with one attached hydrogen (secondary N) is 1. The van der Waals surface area contributed by atoms with Crippen LogP contribution in [0.2, 0.25) is 0 Å². The first-order valence-electron chi connectivity index (χ1n) is 10.3. The predicted octanol–water partition coefficient (Wildman–Crippen LogP) is 2.96. The number of hydrogen-bond donors (Lipinski definition) is 1. The van der Waals surface area contributed by atoms with Crippen LogP contribution in [0.3, 0.4) is 0 Å². The van der Waals surface area contributed by atoms with Crippen molar-refractivity contribution in [2.24, 2.45) is 30.7 Å². The van der Waals surface area contributed by atoms with E-state index in [-0.39, 0.29) is 5.91 Å². The molecule has 0 spiro atoms. The smallest absolute Gasteiger partial charge is 0.256 e. The first kappa shape index (κ1) is 15.7. The van der Waals surface area contributed by atoms with Gasteiger partial charge in [0, 0.05) is 26.2 Å². The lowest BCUT2D eigenvalue weighted by molar-refractivity contribution is 0.0913. The molecule has 0 aromatic carbocycles. The minimum atomic E-state index is 0.0984. The Bertz CT molecular complexity index is 663. The minimum absolute atomic E-state index is 0.0984. The van der Waals surface area contributed by atoms with Crippen molar-refractivity contribution in [2.75, 3.05) is 18.0 Å². The molecular formula is C20H30N4O. The number of nitrogens with zero attached hydrogens (tertiary/aromatic N) is 3. The van der Waals surface area contributed by atoms with Gasteiger partial charge < -0.3 is 10.2 Å². The maximum atomic E-state index is 13.1. The fraction of sp³-hybridized carbons (Fsp3) is 0.800. The number of aromatic nitrogens is 2. The SMILES string of the molecule is Cn1ncc(C(=O)NC2CCC3CC4CC(C3)C2C4)c1N1CCCC1. The molecule has 5 atom stereocenters. The maximum Gasteiger partial charge on any atom is 0.256 e. The van der Waals surface area contributed by atoms with Gasteiger partial charge in [-0.2, -0.15) is 5.10 Å². The van der Waals surface area contributed by atoms with E-state index in [1.165, 1.54) is 51.4 Å². The van der Waals surface area contributed by atoms with Gasteiger partial charge in [0.25, 0.3) is 5.91 Å². The molecule has 0 radical (unpaired) electrons. The van der Waals surface area contributed by atoms with Crippen LogP contribution in [0.25, 0.3) is 0 Å². The third kappa shape index (κ3) is 2.67. The van der Waals surface area contributed by atoms with Crippen molar-refractivity contribution in [1.29, 1.82) is 0 Å². The van der Waals surface area contributed by atoms with E-state index >= 15 is 0 Å². The van der Waals surface area contributed by atoms with Crippen molar-refractivity contribution in [1.82, 2.24) is 15.1 Å². The average Bonchev–Trinajstić information content (AvgIpc) is 3.28. The number of carbonyl (C=O) groups is 1. The standard InChI is InChI=1S/C20H30N4O/c1-23-20(24-6-2-3-7-24)17(12-21-23)19(25)22-18-5-4-13-8-14-10-15(9-13)16(18)11-14/h12-16,18H,2-11H2,1H3,(H,22,25). The number of hydrogen-bond acceptors (Lipinski definition) is 3. The van der Waals surface area contributed by atoms with Gasteiger partial charge in [-0.25, -0.2) is 0 Å². The van der Waals surface area contributed by atoms with Gasteiger partial charge in [0.2, 0.25) is 0 Å². The third-order valence-electron chi connectivity index (χ3n) is 7.43. The first-order chi connectivity index (χ1) is 12.2. The molecule has 2 heterocycles. The molecule has 1 saturated heterocycles. The molecule has 25 heavy (non-hydrogen) atoms. The van der Waals surface area contributed by atoms with Gasteiger partial charge in [0.1, 0.15) is 11.4 Å². The second-order valence-corrected chi connectivity index (χ2v) is 8.96. The summed E-state index contributed by atoms with van der Waals surface area (Å²) in [6.45, 7) is 2.08. The lowest BCUT2D eigenvalue weighted by Crippen LogP contribution is -2.41. The molecule has 136 valence electrons. The number of amides is 1. The van der Waals surface area contributed by atoms with Crippen molar-refractivity contribution >= 4 is 11.7 Å².